The Kier molecular flexibility index (Phi) is 5.41. The molecule has 0 bridgehead atoms. The van der Waals surface area contributed by atoms with E-state index in [9.17, 15) is 9.59 Å². The van der Waals surface area contributed by atoms with Crippen molar-refractivity contribution in [2.75, 3.05) is 13.1 Å². The summed E-state index contributed by atoms with van der Waals surface area (Å²) in [6, 6.07) is 0. The minimum atomic E-state index is -0.397. The molecular formula is C12H22N2O3. The molecule has 1 rings (SSSR count). The van der Waals surface area contributed by atoms with Gasteiger partial charge in [-0.3, -0.25) is 9.59 Å². The largest absolute Gasteiger partial charge is 0.393 e. The summed E-state index contributed by atoms with van der Waals surface area (Å²) in [5.74, 6) is 0.632. The fraction of sp³-hybridized carbons (Fsp3) is 0.833. The monoisotopic (exact) mass is 242 g/mol. The number of amides is 2. The average Bonchev–Trinajstić information content (AvgIpc) is 2.95. The highest BCUT2D eigenvalue weighted by molar-refractivity contribution is 5.82. The molecule has 0 aliphatic heterocycles. The van der Waals surface area contributed by atoms with Crippen LogP contribution in [0.4, 0.5) is 0 Å². The minimum absolute atomic E-state index is 0.0641. The average molecular weight is 242 g/mol. The molecule has 3 atom stereocenters. The van der Waals surface area contributed by atoms with Crippen molar-refractivity contribution in [3.05, 3.63) is 0 Å². The van der Waals surface area contributed by atoms with Crippen molar-refractivity contribution in [2.24, 2.45) is 11.8 Å². The van der Waals surface area contributed by atoms with Gasteiger partial charge >= 0.3 is 0 Å². The van der Waals surface area contributed by atoms with Crippen molar-refractivity contribution in [2.45, 2.75) is 39.2 Å². The smallest absolute Gasteiger partial charge is 0.223 e. The maximum atomic E-state index is 11.4. The first-order chi connectivity index (χ1) is 8.00. The molecule has 3 N–H and O–H groups in total. The summed E-state index contributed by atoms with van der Waals surface area (Å²) in [5, 5.41) is 14.4. The molecule has 0 heterocycles. The van der Waals surface area contributed by atoms with Crippen molar-refractivity contribution in [3.8, 4) is 0 Å². The van der Waals surface area contributed by atoms with E-state index in [4.69, 9.17) is 5.11 Å². The van der Waals surface area contributed by atoms with E-state index in [1.54, 1.807) is 6.92 Å². The van der Waals surface area contributed by atoms with E-state index in [1.165, 1.54) is 0 Å². The van der Waals surface area contributed by atoms with Gasteiger partial charge < -0.3 is 15.7 Å². The Bertz CT molecular complexity index is 279. The minimum Gasteiger partial charge on any atom is -0.393 e. The van der Waals surface area contributed by atoms with Crippen molar-refractivity contribution >= 4 is 11.8 Å². The molecular weight excluding hydrogens is 220 g/mol. The van der Waals surface area contributed by atoms with Crippen LogP contribution in [0.2, 0.25) is 0 Å². The quantitative estimate of drug-likeness (QED) is 0.589. The third-order valence-corrected chi connectivity index (χ3v) is 2.98. The van der Waals surface area contributed by atoms with Gasteiger partial charge in [0.15, 0.2) is 0 Å². The second kappa shape index (κ2) is 6.59. The van der Waals surface area contributed by atoms with Gasteiger partial charge in [0.2, 0.25) is 11.8 Å². The maximum absolute atomic E-state index is 11.4. The number of rotatable bonds is 7. The standard InChI is InChI=1S/C12H22N2O3/c1-8-7-10(8)12(17)14-6-4-11(16)13-5-3-9(2)15/h8-10,15H,3-7H2,1-2H3,(H,13,16)(H,14,17). The summed E-state index contributed by atoms with van der Waals surface area (Å²) in [7, 11) is 0. The zero-order valence-corrected chi connectivity index (χ0v) is 10.5. The fourth-order valence-corrected chi connectivity index (χ4v) is 1.63. The zero-order valence-electron chi connectivity index (χ0n) is 10.5. The van der Waals surface area contributed by atoms with Crippen LogP contribution < -0.4 is 10.6 Å². The molecule has 17 heavy (non-hydrogen) atoms. The number of hydrogen-bond acceptors (Lipinski definition) is 3. The third-order valence-electron chi connectivity index (χ3n) is 2.98. The molecule has 0 saturated heterocycles. The molecule has 98 valence electrons. The van der Waals surface area contributed by atoms with Crippen molar-refractivity contribution in [1.29, 1.82) is 0 Å². The number of hydrogen-bond donors (Lipinski definition) is 3. The molecule has 1 aliphatic carbocycles. The highest BCUT2D eigenvalue weighted by atomic mass is 16.3. The van der Waals surface area contributed by atoms with Crippen molar-refractivity contribution < 1.29 is 14.7 Å². The Hall–Kier alpha value is -1.10. The normalized spacial score (nSPS) is 23.9. The molecule has 0 radical (unpaired) electrons. The first kappa shape index (κ1) is 14.0. The third kappa shape index (κ3) is 5.68. The molecule has 0 aromatic rings. The van der Waals surface area contributed by atoms with Gasteiger partial charge in [-0.25, -0.2) is 0 Å². The summed E-state index contributed by atoms with van der Waals surface area (Å²) in [6.07, 6.45) is 1.42. The van der Waals surface area contributed by atoms with E-state index in [0.29, 0.717) is 31.8 Å². The Morgan fingerprint density at radius 3 is 2.53 bits per heavy atom. The van der Waals surface area contributed by atoms with Crippen molar-refractivity contribution in [3.63, 3.8) is 0 Å². The van der Waals surface area contributed by atoms with Crippen LogP contribution in [0.5, 0.6) is 0 Å². The molecule has 5 heteroatoms. The lowest BCUT2D eigenvalue weighted by atomic mass is 10.3. The van der Waals surface area contributed by atoms with E-state index in [1.807, 2.05) is 6.92 Å². The van der Waals surface area contributed by atoms with Crippen LogP contribution in [-0.2, 0) is 9.59 Å². The fourth-order valence-electron chi connectivity index (χ4n) is 1.63. The lowest BCUT2D eigenvalue weighted by molar-refractivity contribution is -0.123. The topological polar surface area (TPSA) is 78.4 Å². The van der Waals surface area contributed by atoms with Crippen LogP contribution in [0.3, 0.4) is 0 Å². The molecule has 5 nitrogen and oxygen atoms in total. The van der Waals surface area contributed by atoms with E-state index in [2.05, 4.69) is 10.6 Å². The van der Waals surface area contributed by atoms with Gasteiger partial charge in [-0.15, -0.1) is 0 Å². The van der Waals surface area contributed by atoms with Crippen LogP contribution >= 0.6 is 0 Å². The van der Waals surface area contributed by atoms with Gasteiger partial charge in [0.05, 0.1) is 6.10 Å². The Morgan fingerprint density at radius 1 is 1.35 bits per heavy atom. The highest BCUT2D eigenvalue weighted by Gasteiger charge is 2.38. The molecule has 0 spiro atoms. The van der Waals surface area contributed by atoms with Gasteiger partial charge in [-0.05, 0) is 25.7 Å². The second-order valence-electron chi connectivity index (χ2n) is 4.85. The Labute approximate surface area is 102 Å². The van der Waals surface area contributed by atoms with Crippen molar-refractivity contribution in [1.82, 2.24) is 10.6 Å². The summed E-state index contributed by atoms with van der Waals surface area (Å²) >= 11 is 0. The Morgan fingerprint density at radius 2 is 2.00 bits per heavy atom. The van der Waals surface area contributed by atoms with E-state index >= 15 is 0 Å². The second-order valence-corrected chi connectivity index (χ2v) is 4.85. The lowest BCUT2D eigenvalue weighted by Crippen LogP contribution is -2.32. The molecule has 0 aromatic heterocycles. The van der Waals surface area contributed by atoms with Gasteiger partial charge in [-0.2, -0.15) is 0 Å². The molecule has 0 aromatic carbocycles. The number of nitrogens with one attached hydrogen (secondary N) is 2. The first-order valence-corrected chi connectivity index (χ1v) is 6.23. The summed E-state index contributed by atoms with van der Waals surface area (Å²) in [5.41, 5.74) is 0. The molecule has 1 fully saturated rings. The molecule has 1 saturated carbocycles. The van der Waals surface area contributed by atoms with Gasteiger partial charge in [0.25, 0.3) is 0 Å². The lowest BCUT2D eigenvalue weighted by Gasteiger charge is -2.07. The number of carbonyl (C=O) groups excluding carboxylic acids is 2. The van der Waals surface area contributed by atoms with Gasteiger partial charge in [-0.1, -0.05) is 6.92 Å². The zero-order chi connectivity index (χ0) is 12.8. The van der Waals surface area contributed by atoms with E-state index in [-0.39, 0.29) is 17.7 Å². The summed E-state index contributed by atoms with van der Waals surface area (Å²) in [6.45, 7) is 4.60. The van der Waals surface area contributed by atoms with Crippen LogP contribution in [0, 0.1) is 11.8 Å². The van der Waals surface area contributed by atoms with Crippen LogP contribution in [-0.4, -0.2) is 36.1 Å². The van der Waals surface area contributed by atoms with Crippen LogP contribution in [0.1, 0.15) is 33.1 Å². The molecule has 3 unspecified atom stereocenters. The number of aliphatic hydroxyl groups is 1. The van der Waals surface area contributed by atoms with Crippen LogP contribution in [0.15, 0.2) is 0 Å². The Balaban J connectivity index is 1.98. The van der Waals surface area contributed by atoms with Crippen LogP contribution in [0.25, 0.3) is 0 Å². The van der Waals surface area contributed by atoms with E-state index in [0.717, 1.165) is 6.42 Å². The number of carbonyl (C=O) groups is 2. The van der Waals surface area contributed by atoms with Gasteiger partial charge in [0, 0.05) is 25.4 Å². The maximum Gasteiger partial charge on any atom is 0.223 e. The molecule has 1 aliphatic rings. The number of aliphatic hydroxyl groups excluding tert-OH is 1. The summed E-state index contributed by atoms with van der Waals surface area (Å²) < 4.78 is 0. The van der Waals surface area contributed by atoms with Gasteiger partial charge in [0.1, 0.15) is 0 Å². The van der Waals surface area contributed by atoms with E-state index < -0.39 is 6.10 Å². The molecule has 2 amide bonds. The highest BCUT2D eigenvalue weighted by Crippen LogP contribution is 2.37. The predicted octanol–water partition coefficient (Wildman–Crippen LogP) is 0.0358. The summed E-state index contributed by atoms with van der Waals surface area (Å²) in [4.78, 5) is 22.7. The SMILES string of the molecule is CC(O)CCNC(=O)CCNC(=O)C1CC1C. The first-order valence-electron chi connectivity index (χ1n) is 6.23. The predicted molar refractivity (Wildman–Crippen MR) is 64.2 cm³/mol.